The SMILES string of the molecule is CC(C)(C)C(C)(C)c1ccccc1.CO.II. The molecular formula is C14H24I2O. The lowest BCUT2D eigenvalue weighted by Crippen LogP contribution is -2.33. The van der Waals surface area contributed by atoms with Crippen LogP contribution < -0.4 is 0 Å². The zero-order valence-corrected chi connectivity index (χ0v) is 15.9. The van der Waals surface area contributed by atoms with Gasteiger partial charge in [-0.05, 0) is 16.4 Å². The lowest BCUT2D eigenvalue weighted by Gasteiger charge is -2.39. The van der Waals surface area contributed by atoms with Crippen LogP contribution in [0, 0.1) is 5.41 Å². The van der Waals surface area contributed by atoms with E-state index in [2.05, 4.69) is 102 Å². The first-order chi connectivity index (χ1) is 7.86. The first kappa shape index (κ1) is 20.0. The standard InChI is InChI=1S/C13H20.CH4O.I2/c1-12(2,3)13(4,5)11-9-7-6-8-10-11;2*1-2/h6-10H,1-5H3;2H,1H3;. The highest BCUT2D eigenvalue weighted by Gasteiger charge is 2.33. The monoisotopic (exact) mass is 462 g/mol. The van der Waals surface area contributed by atoms with Gasteiger partial charge in [-0.15, -0.1) is 0 Å². The van der Waals surface area contributed by atoms with Crippen molar-refractivity contribution in [2.75, 3.05) is 7.11 Å². The summed E-state index contributed by atoms with van der Waals surface area (Å²) in [6.07, 6.45) is 0. The third-order valence-corrected chi connectivity index (χ3v) is 3.37. The van der Waals surface area contributed by atoms with E-state index in [9.17, 15) is 0 Å². The van der Waals surface area contributed by atoms with Crippen molar-refractivity contribution in [3.8, 4) is 0 Å². The summed E-state index contributed by atoms with van der Waals surface area (Å²) < 4.78 is 0. The van der Waals surface area contributed by atoms with E-state index in [4.69, 9.17) is 5.11 Å². The smallest absolute Gasteiger partial charge is 0.0319 e. The Morgan fingerprint density at radius 1 is 0.824 bits per heavy atom. The maximum atomic E-state index is 7.00. The summed E-state index contributed by atoms with van der Waals surface area (Å²) in [4.78, 5) is 0. The van der Waals surface area contributed by atoms with Crippen molar-refractivity contribution >= 4 is 37.2 Å². The van der Waals surface area contributed by atoms with Gasteiger partial charge in [0.15, 0.2) is 0 Å². The number of aliphatic hydroxyl groups is 1. The van der Waals surface area contributed by atoms with Crippen LogP contribution in [0.5, 0.6) is 0 Å². The second kappa shape index (κ2) is 9.55. The van der Waals surface area contributed by atoms with Crippen LogP contribution >= 0.6 is 37.2 Å². The first-order valence-corrected chi connectivity index (χ1v) is 11.8. The fourth-order valence-electron chi connectivity index (χ4n) is 1.29. The summed E-state index contributed by atoms with van der Waals surface area (Å²) in [7, 11) is 1.00. The van der Waals surface area contributed by atoms with Gasteiger partial charge in [-0.1, -0.05) is 65.0 Å². The van der Waals surface area contributed by atoms with E-state index < -0.39 is 0 Å². The molecule has 1 nitrogen and oxygen atoms in total. The summed E-state index contributed by atoms with van der Waals surface area (Å²) >= 11 is 4.24. The average Bonchev–Trinajstić information content (AvgIpc) is 2.34. The van der Waals surface area contributed by atoms with Crippen LogP contribution in [0.3, 0.4) is 0 Å². The van der Waals surface area contributed by atoms with Crippen molar-refractivity contribution in [1.82, 2.24) is 0 Å². The second-order valence-electron chi connectivity index (χ2n) is 5.24. The molecule has 0 unspecified atom stereocenters. The number of halogens is 2. The topological polar surface area (TPSA) is 20.2 Å². The highest BCUT2D eigenvalue weighted by atomic mass is 128. The second-order valence-corrected chi connectivity index (χ2v) is 5.24. The molecular weight excluding hydrogens is 438 g/mol. The molecule has 0 aromatic heterocycles. The van der Waals surface area contributed by atoms with E-state index in [0.717, 1.165) is 7.11 Å². The Morgan fingerprint density at radius 3 is 1.47 bits per heavy atom. The van der Waals surface area contributed by atoms with Gasteiger partial charge in [0.05, 0.1) is 0 Å². The Labute approximate surface area is 130 Å². The number of benzene rings is 1. The molecule has 100 valence electrons. The molecule has 0 saturated carbocycles. The van der Waals surface area contributed by atoms with Crippen molar-refractivity contribution in [2.45, 2.75) is 40.0 Å². The average molecular weight is 462 g/mol. The maximum Gasteiger partial charge on any atom is 0.0319 e. The van der Waals surface area contributed by atoms with Gasteiger partial charge < -0.3 is 5.11 Å². The Kier molecular flexibility index (Phi) is 11.2. The number of hydrogen-bond donors (Lipinski definition) is 1. The summed E-state index contributed by atoms with van der Waals surface area (Å²) in [5, 5.41) is 7.00. The molecule has 1 rings (SSSR count). The van der Waals surface area contributed by atoms with Gasteiger partial charge in [0.2, 0.25) is 0 Å². The molecule has 0 radical (unpaired) electrons. The molecule has 17 heavy (non-hydrogen) atoms. The minimum atomic E-state index is 0.230. The molecule has 1 aromatic rings. The molecule has 0 atom stereocenters. The van der Waals surface area contributed by atoms with Crippen LogP contribution in [0.15, 0.2) is 30.3 Å². The molecule has 0 amide bonds. The summed E-state index contributed by atoms with van der Waals surface area (Å²) in [6, 6.07) is 10.7. The predicted molar refractivity (Wildman–Crippen MR) is 95.1 cm³/mol. The van der Waals surface area contributed by atoms with Gasteiger partial charge >= 0.3 is 0 Å². The zero-order chi connectivity index (χ0) is 14.1. The Balaban J connectivity index is 0. The van der Waals surface area contributed by atoms with Crippen LogP contribution in [0.25, 0.3) is 0 Å². The van der Waals surface area contributed by atoms with Gasteiger partial charge in [0.25, 0.3) is 0 Å². The van der Waals surface area contributed by atoms with E-state index in [-0.39, 0.29) is 5.41 Å². The van der Waals surface area contributed by atoms with Gasteiger partial charge in [0.1, 0.15) is 0 Å². The minimum Gasteiger partial charge on any atom is -0.400 e. The van der Waals surface area contributed by atoms with E-state index in [1.54, 1.807) is 0 Å². The van der Waals surface area contributed by atoms with Crippen molar-refractivity contribution in [3.63, 3.8) is 0 Å². The van der Waals surface area contributed by atoms with Crippen molar-refractivity contribution < 1.29 is 5.11 Å². The molecule has 1 N–H and O–H groups in total. The molecule has 0 aliphatic heterocycles. The summed E-state index contributed by atoms with van der Waals surface area (Å²) in [5.74, 6) is 0. The van der Waals surface area contributed by atoms with Crippen LogP contribution in [-0.4, -0.2) is 12.2 Å². The third kappa shape index (κ3) is 6.38. The summed E-state index contributed by atoms with van der Waals surface area (Å²) in [5.41, 5.74) is 1.95. The van der Waals surface area contributed by atoms with Crippen molar-refractivity contribution in [3.05, 3.63) is 35.9 Å². The van der Waals surface area contributed by atoms with Crippen molar-refractivity contribution in [2.24, 2.45) is 5.41 Å². The predicted octanol–water partition coefficient (Wildman–Crippen LogP) is 5.39. The first-order valence-electron chi connectivity index (χ1n) is 5.50. The van der Waals surface area contributed by atoms with Gasteiger partial charge in [-0.25, -0.2) is 0 Å². The Hall–Kier alpha value is 0.640. The molecule has 3 heteroatoms. The van der Waals surface area contributed by atoms with Crippen molar-refractivity contribution in [1.29, 1.82) is 0 Å². The number of aliphatic hydroxyl groups excluding tert-OH is 1. The molecule has 1 aromatic carbocycles. The normalized spacial score (nSPS) is 10.6. The largest absolute Gasteiger partial charge is 0.400 e. The Morgan fingerprint density at radius 2 is 1.18 bits per heavy atom. The lowest BCUT2D eigenvalue weighted by molar-refractivity contribution is 0.225. The van der Waals surface area contributed by atoms with E-state index >= 15 is 0 Å². The molecule has 0 aliphatic rings. The lowest BCUT2D eigenvalue weighted by atomic mass is 9.65. The maximum absolute atomic E-state index is 7.00. The molecule has 0 saturated heterocycles. The highest BCUT2D eigenvalue weighted by Crippen LogP contribution is 2.40. The van der Waals surface area contributed by atoms with E-state index in [1.807, 2.05) is 0 Å². The van der Waals surface area contributed by atoms with Crippen LogP contribution in [-0.2, 0) is 5.41 Å². The van der Waals surface area contributed by atoms with Gasteiger partial charge in [-0.3, -0.25) is 0 Å². The molecule has 0 fully saturated rings. The number of rotatable bonds is 1. The molecule has 0 heterocycles. The minimum absolute atomic E-state index is 0.230. The van der Waals surface area contributed by atoms with Crippen LogP contribution in [0.2, 0.25) is 0 Å². The summed E-state index contributed by atoms with van der Waals surface area (Å²) in [6.45, 7) is 11.5. The fraction of sp³-hybridized carbons (Fsp3) is 0.571. The van der Waals surface area contributed by atoms with Crippen LogP contribution in [0.4, 0.5) is 0 Å². The fourth-order valence-corrected chi connectivity index (χ4v) is 1.29. The molecule has 0 spiro atoms. The Bertz CT molecular complexity index is 276. The molecule has 0 bridgehead atoms. The zero-order valence-electron chi connectivity index (χ0n) is 11.6. The third-order valence-electron chi connectivity index (χ3n) is 3.37. The highest BCUT2D eigenvalue weighted by molar-refractivity contribution is 15.0. The van der Waals surface area contributed by atoms with E-state index in [1.165, 1.54) is 5.56 Å². The quantitative estimate of drug-likeness (QED) is 0.556. The number of hydrogen-bond acceptors (Lipinski definition) is 1. The van der Waals surface area contributed by atoms with Gasteiger partial charge in [-0.2, -0.15) is 0 Å². The van der Waals surface area contributed by atoms with Gasteiger partial charge in [0, 0.05) is 44.3 Å². The molecule has 0 aliphatic carbocycles. The van der Waals surface area contributed by atoms with E-state index in [0.29, 0.717) is 5.41 Å². The van der Waals surface area contributed by atoms with Crippen LogP contribution in [0.1, 0.15) is 40.2 Å².